The molecule has 7 nitrogen and oxygen atoms in total. The average molecular weight is 400 g/mol. The molecule has 0 bridgehead atoms. The van der Waals surface area contributed by atoms with Crippen LogP contribution in [0.4, 0.5) is 0 Å². The van der Waals surface area contributed by atoms with Crippen LogP contribution in [0, 0.1) is 5.92 Å². The molecule has 0 amide bonds. The highest BCUT2D eigenvalue weighted by atomic mass is 35.5. The van der Waals surface area contributed by atoms with Gasteiger partial charge in [-0.25, -0.2) is 17.8 Å². The lowest BCUT2D eigenvalue weighted by Gasteiger charge is -2.31. The Morgan fingerprint density at radius 3 is 2.81 bits per heavy atom. The van der Waals surface area contributed by atoms with Crippen molar-refractivity contribution in [2.24, 2.45) is 5.92 Å². The maximum Gasteiger partial charge on any atom is 0.211 e. The summed E-state index contributed by atoms with van der Waals surface area (Å²) in [6.07, 6.45) is 3.94. The van der Waals surface area contributed by atoms with Gasteiger partial charge in [0.25, 0.3) is 0 Å². The van der Waals surface area contributed by atoms with E-state index in [0.29, 0.717) is 37.0 Å². The molecular weight excluding hydrogens is 378 g/mol. The number of nitrogens with one attached hydrogen (secondary N) is 1. The Kier molecular flexibility index (Phi) is 6.18. The van der Waals surface area contributed by atoms with Gasteiger partial charge in [0, 0.05) is 24.8 Å². The molecule has 2 heterocycles. The van der Waals surface area contributed by atoms with E-state index in [4.69, 9.17) is 21.1 Å². The van der Waals surface area contributed by atoms with E-state index >= 15 is 0 Å². The van der Waals surface area contributed by atoms with Gasteiger partial charge in [0.2, 0.25) is 10.0 Å². The minimum atomic E-state index is -3.25. The molecule has 2 atom stereocenters. The molecule has 1 fully saturated rings. The maximum absolute atomic E-state index is 11.9. The summed E-state index contributed by atoms with van der Waals surface area (Å²) in [5.74, 6) is 0.737. The van der Waals surface area contributed by atoms with Crippen molar-refractivity contribution < 1.29 is 17.9 Å². The number of sulfonamides is 1. The lowest BCUT2D eigenvalue weighted by molar-refractivity contribution is 0.0186. The fourth-order valence-corrected chi connectivity index (χ4v) is 3.84. The molecule has 0 radical (unpaired) electrons. The van der Waals surface area contributed by atoms with Crippen molar-refractivity contribution in [1.82, 2.24) is 14.5 Å². The molecule has 9 heteroatoms. The molecule has 1 aliphatic rings. The lowest BCUT2D eigenvalue weighted by atomic mass is 9.98. The summed E-state index contributed by atoms with van der Waals surface area (Å²) in [6, 6.07) is 7.29. The Morgan fingerprint density at radius 2 is 2.15 bits per heavy atom. The second-order valence-corrected chi connectivity index (χ2v) is 8.64. The van der Waals surface area contributed by atoms with Crippen molar-refractivity contribution in [3.63, 3.8) is 0 Å². The number of aromatic nitrogens is 2. The van der Waals surface area contributed by atoms with E-state index in [1.54, 1.807) is 24.0 Å². The smallest absolute Gasteiger partial charge is 0.211 e. The van der Waals surface area contributed by atoms with E-state index in [-0.39, 0.29) is 17.7 Å². The van der Waals surface area contributed by atoms with Crippen LogP contribution < -0.4 is 9.46 Å². The third-order valence-corrected chi connectivity index (χ3v) is 5.92. The number of nitrogens with zero attached hydrogens (tertiary/aromatic N) is 2. The van der Waals surface area contributed by atoms with Gasteiger partial charge in [-0.1, -0.05) is 11.6 Å². The summed E-state index contributed by atoms with van der Waals surface area (Å²) >= 11 is 5.88. The first kappa shape index (κ1) is 19.2. The molecular formula is C17H22ClN3O4S. The van der Waals surface area contributed by atoms with Crippen molar-refractivity contribution >= 4 is 21.6 Å². The number of benzene rings is 1. The molecule has 26 heavy (non-hydrogen) atoms. The van der Waals surface area contributed by atoms with Crippen molar-refractivity contribution in [1.29, 1.82) is 0 Å². The van der Waals surface area contributed by atoms with Crippen LogP contribution in [0.15, 0.2) is 36.7 Å². The van der Waals surface area contributed by atoms with Crippen molar-refractivity contribution in [3.8, 4) is 11.4 Å². The van der Waals surface area contributed by atoms with Crippen LogP contribution in [0.1, 0.15) is 13.3 Å². The van der Waals surface area contributed by atoms with Gasteiger partial charge < -0.3 is 9.47 Å². The summed E-state index contributed by atoms with van der Waals surface area (Å²) in [5.41, 5.74) is 0.874. The van der Waals surface area contributed by atoms with Crippen LogP contribution in [-0.4, -0.2) is 49.8 Å². The highest BCUT2D eigenvalue weighted by Crippen LogP contribution is 2.20. The first-order valence-corrected chi connectivity index (χ1v) is 10.5. The SMILES string of the molecule is CCS(=O)(=O)N[C@H]1CCOC[C@@H]1COc1ccc(-n2cc(Cl)cn2)cc1. The maximum atomic E-state index is 11.9. The molecule has 1 aromatic carbocycles. The Hall–Kier alpha value is -1.61. The Labute approximate surface area is 158 Å². The molecule has 0 spiro atoms. The minimum absolute atomic E-state index is 0.0327. The molecule has 2 aromatic rings. The van der Waals surface area contributed by atoms with E-state index < -0.39 is 10.0 Å². The summed E-state index contributed by atoms with van der Waals surface area (Å²) in [5, 5.41) is 4.72. The molecule has 0 unspecified atom stereocenters. The van der Waals surface area contributed by atoms with Gasteiger partial charge in [-0.2, -0.15) is 5.10 Å². The average Bonchev–Trinajstić information content (AvgIpc) is 3.07. The number of ether oxygens (including phenoxy) is 2. The molecule has 1 saturated heterocycles. The molecule has 3 rings (SSSR count). The zero-order chi connectivity index (χ0) is 18.6. The van der Waals surface area contributed by atoms with Gasteiger partial charge >= 0.3 is 0 Å². The quantitative estimate of drug-likeness (QED) is 0.772. The second kappa shape index (κ2) is 8.39. The zero-order valence-electron chi connectivity index (χ0n) is 14.5. The van der Waals surface area contributed by atoms with Crippen LogP contribution in [0.25, 0.3) is 5.69 Å². The van der Waals surface area contributed by atoms with E-state index in [9.17, 15) is 8.42 Å². The van der Waals surface area contributed by atoms with E-state index in [0.717, 1.165) is 5.69 Å². The normalized spacial score (nSPS) is 20.8. The monoisotopic (exact) mass is 399 g/mol. The Morgan fingerprint density at radius 1 is 1.38 bits per heavy atom. The summed E-state index contributed by atoms with van der Waals surface area (Å²) < 4.78 is 39.5. The summed E-state index contributed by atoms with van der Waals surface area (Å²) in [6.45, 7) is 3.03. The molecule has 0 saturated carbocycles. The van der Waals surface area contributed by atoms with Crippen LogP contribution in [0.2, 0.25) is 5.02 Å². The highest BCUT2D eigenvalue weighted by molar-refractivity contribution is 7.89. The van der Waals surface area contributed by atoms with Gasteiger partial charge in [-0.3, -0.25) is 0 Å². The number of halogens is 1. The second-order valence-electron chi connectivity index (χ2n) is 6.16. The first-order chi connectivity index (χ1) is 12.5. The first-order valence-electron chi connectivity index (χ1n) is 8.48. The number of hydrogen-bond donors (Lipinski definition) is 1. The molecule has 1 N–H and O–H groups in total. The summed E-state index contributed by atoms with van der Waals surface area (Å²) in [4.78, 5) is 0. The van der Waals surface area contributed by atoms with Crippen LogP contribution in [0.3, 0.4) is 0 Å². The van der Waals surface area contributed by atoms with Crippen LogP contribution >= 0.6 is 11.6 Å². The van der Waals surface area contributed by atoms with E-state index in [2.05, 4.69) is 9.82 Å². The lowest BCUT2D eigenvalue weighted by Crippen LogP contribution is -2.47. The largest absolute Gasteiger partial charge is 0.493 e. The standard InChI is InChI=1S/C17H22ClN3O4S/c1-2-26(22,23)20-17-7-8-24-11-13(17)12-25-16-5-3-15(4-6-16)21-10-14(18)9-19-21/h3-6,9-10,13,17,20H,2,7-8,11-12H2,1H3/t13-,17+/m1/s1. The van der Waals surface area contributed by atoms with Crippen molar-refractivity contribution in [3.05, 3.63) is 41.7 Å². The van der Waals surface area contributed by atoms with Gasteiger partial charge in [-0.15, -0.1) is 0 Å². The van der Waals surface area contributed by atoms with E-state index in [1.807, 2.05) is 24.3 Å². The minimum Gasteiger partial charge on any atom is -0.493 e. The third-order valence-electron chi connectivity index (χ3n) is 4.30. The molecule has 142 valence electrons. The van der Waals surface area contributed by atoms with Gasteiger partial charge in [0.15, 0.2) is 0 Å². The van der Waals surface area contributed by atoms with Gasteiger partial charge in [0.05, 0.1) is 35.9 Å². The predicted molar refractivity (Wildman–Crippen MR) is 99.4 cm³/mol. The fourth-order valence-electron chi connectivity index (χ4n) is 2.77. The topological polar surface area (TPSA) is 82.5 Å². The Bertz CT molecular complexity index is 823. The molecule has 1 aromatic heterocycles. The zero-order valence-corrected chi connectivity index (χ0v) is 16.0. The Balaban J connectivity index is 1.60. The van der Waals surface area contributed by atoms with Gasteiger partial charge in [0.1, 0.15) is 5.75 Å². The molecule has 1 aliphatic heterocycles. The van der Waals surface area contributed by atoms with Crippen molar-refractivity contribution in [2.75, 3.05) is 25.6 Å². The van der Waals surface area contributed by atoms with E-state index in [1.165, 1.54) is 0 Å². The number of hydrogen-bond acceptors (Lipinski definition) is 5. The highest BCUT2D eigenvalue weighted by Gasteiger charge is 2.29. The fraction of sp³-hybridized carbons (Fsp3) is 0.471. The predicted octanol–water partition coefficient (Wildman–Crippen LogP) is 2.25. The van der Waals surface area contributed by atoms with Crippen LogP contribution in [-0.2, 0) is 14.8 Å². The van der Waals surface area contributed by atoms with Crippen LogP contribution in [0.5, 0.6) is 5.75 Å². The third kappa shape index (κ3) is 4.97. The van der Waals surface area contributed by atoms with Gasteiger partial charge in [-0.05, 0) is 37.6 Å². The number of rotatable bonds is 7. The summed E-state index contributed by atoms with van der Waals surface area (Å²) in [7, 11) is -3.25. The van der Waals surface area contributed by atoms with Crippen molar-refractivity contribution in [2.45, 2.75) is 19.4 Å². The molecule has 0 aliphatic carbocycles.